The monoisotopic (exact) mass is 492 g/mol. The fraction of sp³-hybridized carbons (Fsp3) is 0.0588. The van der Waals surface area contributed by atoms with E-state index in [4.69, 9.17) is 0 Å². The molecule has 0 saturated heterocycles. The number of hydrogen-bond donors (Lipinski definition) is 0. The van der Waals surface area contributed by atoms with Gasteiger partial charge in [-0.2, -0.15) is 0 Å². The van der Waals surface area contributed by atoms with Gasteiger partial charge in [0.25, 0.3) is 0 Å². The van der Waals surface area contributed by atoms with E-state index in [0.29, 0.717) is 21.5 Å². The van der Waals surface area contributed by atoms with E-state index in [1.807, 2.05) is 96.0 Å². The average molecular weight is 493 g/mol. The van der Waals surface area contributed by atoms with Gasteiger partial charge < -0.3 is 9.13 Å². The largest absolute Gasteiger partial charge is 0.343 e. The minimum Gasteiger partial charge on any atom is -0.343 e. The Morgan fingerprint density at radius 1 is 0.395 bits per heavy atom. The van der Waals surface area contributed by atoms with Crippen molar-refractivity contribution in [1.82, 2.24) is 9.13 Å². The van der Waals surface area contributed by atoms with Gasteiger partial charge >= 0.3 is 0 Å². The molecule has 0 spiro atoms. The fourth-order valence-corrected chi connectivity index (χ4v) is 5.67. The molecule has 0 radical (unpaired) electrons. The van der Waals surface area contributed by atoms with Crippen LogP contribution in [0.1, 0.15) is 0 Å². The first kappa shape index (κ1) is 22.3. The molecular formula is C34H24N2O2. The molecule has 0 unspecified atom stereocenters. The van der Waals surface area contributed by atoms with Crippen LogP contribution in [0.5, 0.6) is 0 Å². The predicted octanol–water partition coefficient (Wildman–Crippen LogP) is 7.03. The topological polar surface area (TPSA) is 44.0 Å². The van der Waals surface area contributed by atoms with Gasteiger partial charge in [-0.3, -0.25) is 9.59 Å². The molecule has 0 atom stereocenters. The Hall–Kier alpha value is -4.96. The van der Waals surface area contributed by atoms with Gasteiger partial charge in [-0.1, -0.05) is 72.8 Å². The molecule has 0 amide bonds. The van der Waals surface area contributed by atoms with Crippen LogP contribution < -0.4 is 10.9 Å². The predicted molar refractivity (Wildman–Crippen MR) is 158 cm³/mol. The second-order valence-electron chi connectivity index (χ2n) is 9.86. The maximum absolute atomic E-state index is 13.7. The lowest BCUT2D eigenvalue weighted by atomic mass is 10.00. The summed E-state index contributed by atoms with van der Waals surface area (Å²) in [6, 6.07) is 36.0. The summed E-state index contributed by atoms with van der Waals surface area (Å²) in [6.45, 7) is 0. The highest BCUT2D eigenvalue weighted by atomic mass is 16.1. The minimum absolute atomic E-state index is 0.0276. The van der Waals surface area contributed by atoms with Crippen molar-refractivity contribution in [3.8, 4) is 22.3 Å². The Morgan fingerprint density at radius 2 is 0.763 bits per heavy atom. The number of benzene rings is 5. The zero-order valence-electron chi connectivity index (χ0n) is 21.1. The molecule has 0 bridgehead atoms. The normalized spacial score (nSPS) is 11.6. The van der Waals surface area contributed by atoms with E-state index in [9.17, 15) is 9.59 Å². The summed E-state index contributed by atoms with van der Waals surface area (Å²) in [5, 5.41) is 2.54. The van der Waals surface area contributed by atoms with Gasteiger partial charge in [0.2, 0.25) is 0 Å². The van der Waals surface area contributed by atoms with Gasteiger partial charge in [-0.25, -0.2) is 0 Å². The standard InChI is InChI=1S/C34H24N2O2/c1-35-29-17-23(21-9-5-3-6-10-21)13-15-25(29)33(37)27-20-32-28(19-31(27)35)34(38)26-16-14-24(18-30(26)36(32)2)22-11-7-4-8-12-22/h3-20H,1-2H3. The molecule has 4 heteroatoms. The van der Waals surface area contributed by atoms with Crippen molar-refractivity contribution in [1.29, 1.82) is 0 Å². The highest BCUT2D eigenvalue weighted by molar-refractivity contribution is 6.04. The quantitative estimate of drug-likeness (QED) is 0.243. The van der Waals surface area contributed by atoms with E-state index < -0.39 is 0 Å². The smallest absolute Gasteiger partial charge is 0.197 e. The third-order valence-corrected chi connectivity index (χ3v) is 7.75. The number of aromatic nitrogens is 2. The van der Waals surface area contributed by atoms with Crippen LogP contribution in [0.2, 0.25) is 0 Å². The first-order valence-electron chi connectivity index (χ1n) is 12.6. The first-order valence-corrected chi connectivity index (χ1v) is 12.6. The van der Waals surface area contributed by atoms with Gasteiger partial charge in [-0.05, 0) is 58.7 Å². The molecule has 0 aliphatic carbocycles. The number of hydrogen-bond acceptors (Lipinski definition) is 2. The van der Waals surface area contributed by atoms with Crippen molar-refractivity contribution in [3.63, 3.8) is 0 Å². The first-order chi connectivity index (χ1) is 18.5. The van der Waals surface area contributed by atoms with E-state index in [1.165, 1.54) is 0 Å². The third kappa shape index (κ3) is 3.24. The molecule has 182 valence electrons. The fourth-order valence-electron chi connectivity index (χ4n) is 5.67. The Labute approximate surface area is 218 Å². The van der Waals surface area contributed by atoms with E-state index >= 15 is 0 Å². The third-order valence-electron chi connectivity index (χ3n) is 7.75. The molecule has 4 nitrogen and oxygen atoms in total. The molecule has 5 aromatic carbocycles. The molecule has 7 aromatic rings. The summed E-state index contributed by atoms with van der Waals surface area (Å²) < 4.78 is 4.06. The van der Waals surface area contributed by atoms with E-state index in [-0.39, 0.29) is 10.9 Å². The van der Waals surface area contributed by atoms with Crippen molar-refractivity contribution in [2.45, 2.75) is 0 Å². The average Bonchev–Trinajstić information content (AvgIpc) is 2.98. The highest BCUT2D eigenvalue weighted by Crippen LogP contribution is 2.29. The van der Waals surface area contributed by atoms with Crippen LogP contribution >= 0.6 is 0 Å². The van der Waals surface area contributed by atoms with Crippen LogP contribution in [-0.2, 0) is 14.1 Å². The van der Waals surface area contributed by atoms with Crippen LogP contribution in [-0.4, -0.2) is 9.13 Å². The molecule has 0 N–H and O–H groups in total. The number of pyridine rings is 2. The Bertz CT molecular complexity index is 2020. The van der Waals surface area contributed by atoms with Gasteiger partial charge in [0, 0.05) is 35.6 Å². The Morgan fingerprint density at radius 3 is 1.16 bits per heavy atom. The summed E-state index contributed by atoms with van der Waals surface area (Å²) in [4.78, 5) is 27.5. The zero-order valence-corrected chi connectivity index (χ0v) is 21.1. The number of nitrogens with zero attached hydrogens (tertiary/aromatic N) is 2. The van der Waals surface area contributed by atoms with E-state index in [0.717, 1.165) is 44.3 Å². The minimum atomic E-state index is -0.0276. The maximum Gasteiger partial charge on any atom is 0.197 e. The number of fused-ring (bicyclic) bond motifs is 4. The second-order valence-corrected chi connectivity index (χ2v) is 9.86. The van der Waals surface area contributed by atoms with Crippen LogP contribution in [0.25, 0.3) is 65.9 Å². The van der Waals surface area contributed by atoms with Crippen LogP contribution in [0.4, 0.5) is 0 Å². The van der Waals surface area contributed by atoms with Crippen molar-refractivity contribution < 1.29 is 0 Å². The van der Waals surface area contributed by atoms with Crippen LogP contribution in [0.15, 0.2) is 119 Å². The molecule has 7 rings (SSSR count). The van der Waals surface area contributed by atoms with Crippen molar-refractivity contribution in [3.05, 3.63) is 130 Å². The SMILES string of the molecule is Cn1c2cc(-c3ccccc3)ccc2c(=O)c2cc3c(cc21)c(=O)c1ccc(-c2ccccc2)cc1n3C. The van der Waals surface area contributed by atoms with Gasteiger partial charge in [0.15, 0.2) is 10.9 Å². The van der Waals surface area contributed by atoms with Crippen molar-refractivity contribution in [2.75, 3.05) is 0 Å². The molecule has 0 fully saturated rings. The maximum atomic E-state index is 13.7. The Balaban J connectivity index is 1.53. The molecule has 0 saturated carbocycles. The molecule has 0 aliphatic rings. The molecular weight excluding hydrogens is 468 g/mol. The molecule has 38 heavy (non-hydrogen) atoms. The number of rotatable bonds is 2. The van der Waals surface area contributed by atoms with Gasteiger partial charge in [0.1, 0.15) is 0 Å². The van der Waals surface area contributed by atoms with E-state index in [1.54, 1.807) is 0 Å². The zero-order chi connectivity index (χ0) is 26.0. The molecule has 2 aromatic heterocycles. The molecule has 2 heterocycles. The second kappa shape index (κ2) is 8.29. The number of aryl methyl sites for hydroxylation is 2. The lowest BCUT2D eigenvalue weighted by Crippen LogP contribution is -2.13. The molecule has 0 aliphatic heterocycles. The van der Waals surface area contributed by atoms with Crippen LogP contribution in [0.3, 0.4) is 0 Å². The van der Waals surface area contributed by atoms with Gasteiger partial charge in [-0.15, -0.1) is 0 Å². The summed E-state index contributed by atoms with van der Waals surface area (Å²) in [5.41, 5.74) is 7.40. The van der Waals surface area contributed by atoms with Gasteiger partial charge in [0.05, 0.1) is 22.1 Å². The summed E-state index contributed by atoms with van der Waals surface area (Å²) >= 11 is 0. The van der Waals surface area contributed by atoms with Crippen molar-refractivity contribution in [2.24, 2.45) is 14.1 Å². The lowest BCUT2D eigenvalue weighted by molar-refractivity contribution is 0.994. The van der Waals surface area contributed by atoms with Crippen molar-refractivity contribution >= 4 is 43.6 Å². The van der Waals surface area contributed by atoms with E-state index in [2.05, 4.69) is 36.4 Å². The summed E-state index contributed by atoms with van der Waals surface area (Å²) in [7, 11) is 3.92. The Kier molecular flexibility index (Phi) is 4.85. The summed E-state index contributed by atoms with van der Waals surface area (Å²) in [5.74, 6) is 0. The lowest BCUT2D eigenvalue weighted by Gasteiger charge is -2.16. The summed E-state index contributed by atoms with van der Waals surface area (Å²) in [6.07, 6.45) is 0. The highest BCUT2D eigenvalue weighted by Gasteiger charge is 2.16. The van der Waals surface area contributed by atoms with Crippen LogP contribution in [0, 0.1) is 0 Å².